The first-order valence-corrected chi connectivity index (χ1v) is 9.61. The van der Waals surface area contributed by atoms with Crippen LogP contribution >= 0.6 is 0 Å². The van der Waals surface area contributed by atoms with Crippen LogP contribution in [-0.4, -0.2) is 129 Å². The third-order valence-corrected chi connectivity index (χ3v) is 5.44. The summed E-state index contributed by atoms with van der Waals surface area (Å²) < 4.78 is 27.6. The minimum atomic E-state index is -1.55. The average Bonchev–Trinajstić information content (AvgIpc) is 2.70. The first kappa shape index (κ1) is 23.2. The molecule has 3 fully saturated rings. The topological polar surface area (TPSA) is 188 Å². The molecule has 0 aromatic rings. The zero-order valence-electron chi connectivity index (χ0n) is 15.9. The molecule has 3 aliphatic heterocycles. The molecule has 0 aliphatic carbocycles. The Balaban J connectivity index is 1.72. The molecular formula is C17H30O12. The summed E-state index contributed by atoms with van der Waals surface area (Å²) >= 11 is 0. The third kappa shape index (κ3) is 5.06. The average molecular weight is 426 g/mol. The Morgan fingerprint density at radius 3 is 2.10 bits per heavy atom. The molecule has 3 heterocycles. The van der Waals surface area contributed by atoms with Gasteiger partial charge in [0.1, 0.15) is 42.7 Å². The van der Waals surface area contributed by atoms with E-state index in [1.807, 2.05) is 0 Å². The Morgan fingerprint density at radius 1 is 0.759 bits per heavy atom. The van der Waals surface area contributed by atoms with Crippen LogP contribution in [0.15, 0.2) is 0 Å². The second kappa shape index (κ2) is 9.77. The molecule has 0 aromatic carbocycles. The van der Waals surface area contributed by atoms with Crippen molar-refractivity contribution < 1.29 is 59.4 Å². The van der Waals surface area contributed by atoms with E-state index in [9.17, 15) is 35.7 Å². The summed E-state index contributed by atoms with van der Waals surface area (Å²) in [6.07, 6.45) is -14.3. The van der Waals surface area contributed by atoms with Gasteiger partial charge in [-0.25, -0.2) is 0 Å². The van der Waals surface area contributed by atoms with Crippen molar-refractivity contribution in [2.24, 2.45) is 0 Å². The molecule has 0 saturated carbocycles. The van der Waals surface area contributed by atoms with Crippen molar-refractivity contribution in [2.45, 2.75) is 87.0 Å². The molecule has 12 nitrogen and oxygen atoms in total. The molecule has 12 atom stereocenters. The van der Waals surface area contributed by atoms with Gasteiger partial charge in [-0.15, -0.1) is 0 Å². The van der Waals surface area contributed by atoms with E-state index in [-0.39, 0.29) is 19.6 Å². The lowest BCUT2D eigenvalue weighted by Crippen LogP contribution is -2.62. The van der Waals surface area contributed by atoms with Gasteiger partial charge in [0, 0.05) is 6.42 Å². The Morgan fingerprint density at radius 2 is 1.41 bits per heavy atom. The number of rotatable bonds is 5. The largest absolute Gasteiger partial charge is 0.394 e. The van der Waals surface area contributed by atoms with E-state index in [0.29, 0.717) is 0 Å². The fraction of sp³-hybridized carbons (Fsp3) is 1.00. The summed E-state index contributed by atoms with van der Waals surface area (Å²) in [4.78, 5) is 0. The maximum Gasteiger partial charge on any atom is 0.186 e. The lowest BCUT2D eigenvalue weighted by Gasteiger charge is -2.45. The van der Waals surface area contributed by atoms with Crippen LogP contribution in [0.2, 0.25) is 0 Å². The summed E-state index contributed by atoms with van der Waals surface area (Å²) in [5.41, 5.74) is 0. The molecule has 0 spiro atoms. The highest BCUT2D eigenvalue weighted by Gasteiger charge is 2.48. The van der Waals surface area contributed by atoms with Crippen LogP contribution in [0.3, 0.4) is 0 Å². The molecule has 0 radical (unpaired) electrons. The van der Waals surface area contributed by atoms with Crippen LogP contribution in [-0.2, 0) is 23.7 Å². The summed E-state index contributed by atoms with van der Waals surface area (Å²) in [5.74, 6) is 0. The molecule has 3 saturated heterocycles. The van der Waals surface area contributed by atoms with E-state index < -0.39 is 80.2 Å². The van der Waals surface area contributed by atoms with Crippen LogP contribution in [0.25, 0.3) is 0 Å². The van der Waals surface area contributed by atoms with Crippen molar-refractivity contribution in [2.75, 3.05) is 19.8 Å². The molecule has 12 heteroatoms. The van der Waals surface area contributed by atoms with Crippen molar-refractivity contribution >= 4 is 0 Å². The number of hydrogen-bond donors (Lipinski definition) is 7. The Kier molecular flexibility index (Phi) is 7.81. The molecule has 170 valence electrons. The molecule has 3 rings (SSSR count). The molecule has 3 aliphatic rings. The highest BCUT2D eigenvalue weighted by Crippen LogP contribution is 2.30. The number of hydrogen-bond acceptors (Lipinski definition) is 12. The maximum atomic E-state index is 10.4. The number of aliphatic hydroxyl groups is 7. The van der Waals surface area contributed by atoms with Gasteiger partial charge >= 0.3 is 0 Å². The minimum Gasteiger partial charge on any atom is -0.394 e. The Labute approximate surface area is 167 Å². The van der Waals surface area contributed by atoms with E-state index in [0.717, 1.165) is 0 Å². The normalized spacial score (nSPS) is 51.7. The predicted octanol–water partition coefficient (Wildman–Crippen LogP) is -4.20. The van der Waals surface area contributed by atoms with Crippen molar-refractivity contribution in [1.82, 2.24) is 0 Å². The molecule has 0 aromatic heterocycles. The highest BCUT2D eigenvalue weighted by molar-refractivity contribution is 4.92. The second-order valence-electron chi connectivity index (χ2n) is 7.66. The van der Waals surface area contributed by atoms with E-state index in [4.69, 9.17) is 23.7 Å². The summed E-state index contributed by atoms with van der Waals surface area (Å²) in [6.45, 7) is 0.874. The van der Waals surface area contributed by atoms with Crippen LogP contribution in [0.5, 0.6) is 0 Å². The van der Waals surface area contributed by atoms with E-state index in [2.05, 4.69) is 0 Å². The first-order valence-electron chi connectivity index (χ1n) is 9.61. The molecule has 7 N–H and O–H groups in total. The Bertz CT molecular complexity index is 523. The van der Waals surface area contributed by atoms with Crippen LogP contribution in [0, 0.1) is 0 Å². The van der Waals surface area contributed by atoms with Gasteiger partial charge < -0.3 is 59.4 Å². The zero-order valence-corrected chi connectivity index (χ0v) is 15.9. The SMILES string of the molecule is C[C@@H]1OC[C@H](O)[C@H](O[C@@H]2O[C@H](CO)C[C@H](O)[C@H]2O)[C@H]1O[C@@H]1OC[C@@H](O)[C@H](O)[C@H]1O. The van der Waals surface area contributed by atoms with Gasteiger partial charge in [0.15, 0.2) is 12.6 Å². The summed E-state index contributed by atoms with van der Waals surface area (Å²) in [5, 5.41) is 69.4. The lowest BCUT2D eigenvalue weighted by molar-refractivity contribution is -0.347. The predicted molar refractivity (Wildman–Crippen MR) is 91.3 cm³/mol. The van der Waals surface area contributed by atoms with E-state index in [1.54, 1.807) is 6.92 Å². The maximum absolute atomic E-state index is 10.4. The monoisotopic (exact) mass is 426 g/mol. The van der Waals surface area contributed by atoms with Gasteiger partial charge in [-0.3, -0.25) is 0 Å². The van der Waals surface area contributed by atoms with Gasteiger partial charge in [-0.2, -0.15) is 0 Å². The molecule has 0 unspecified atom stereocenters. The van der Waals surface area contributed by atoms with Gasteiger partial charge in [0.2, 0.25) is 0 Å². The van der Waals surface area contributed by atoms with Crippen LogP contribution < -0.4 is 0 Å². The highest BCUT2D eigenvalue weighted by atomic mass is 16.7. The fourth-order valence-electron chi connectivity index (χ4n) is 3.64. The minimum absolute atomic E-state index is 0.0203. The van der Waals surface area contributed by atoms with Crippen molar-refractivity contribution in [3.8, 4) is 0 Å². The van der Waals surface area contributed by atoms with Crippen molar-refractivity contribution in [1.29, 1.82) is 0 Å². The smallest absolute Gasteiger partial charge is 0.186 e. The lowest BCUT2D eigenvalue weighted by atomic mass is 9.98. The molecule has 0 bridgehead atoms. The van der Waals surface area contributed by atoms with Crippen LogP contribution in [0.1, 0.15) is 13.3 Å². The van der Waals surface area contributed by atoms with Gasteiger partial charge in [-0.1, -0.05) is 0 Å². The summed E-state index contributed by atoms with van der Waals surface area (Å²) in [6, 6.07) is 0. The van der Waals surface area contributed by atoms with Gasteiger partial charge in [-0.05, 0) is 6.92 Å². The van der Waals surface area contributed by atoms with Gasteiger partial charge in [0.25, 0.3) is 0 Å². The van der Waals surface area contributed by atoms with E-state index in [1.165, 1.54) is 0 Å². The molecule has 0 amide bonds. The van der Waals surface area contributed by atoms with Gasteiger partial charge in [0.05, 0.1) is 38.1 Å². The van der Waals surface area contributed by atoms with Crippen molar-refractivity contribution in [3.05, 3.63) is 0 Å². The molecule has 29 heavy (non-hydrogen) atoms. The second-order valence-corrected chi connectivity index (χ2v) is 7.66. The first-order chi connectivity index (χ1) is 13.7. The van der Waals surface area contributed by atoms with E-state index >= 15 is 0 Å². The summed E-state index contributed by atoms with van der Waals surface area (Å²) in [7, 11) is 0. The zero-order chi connectivity index (χ0) is 21.3. The molecular weight excluding hydrogens is 396 g/mol. The number of ether oxygens (including phenoxy) is 5. The number of aliphatic hydroxyl groups excluding tert-OH is 7. The Hall–Kier alpha value is -0.480. The quantitative estimate of drug-likeness (QED) is 0.225. The van der Waals surface area contributed by atoms with Crippen LogP contribution in [0.4, 0.5) is 0 Å². The standard InChI is InChI=1S/C17H30O12/c1-6-14(28-16-13(24)11(22)9(20)4-26-16)15(10(21)5-25-6)29-17-12(23)8(19)2-7(3-18)27-17/h6-24H,2-5H2,1H3/t6-,7-,8-,9+,10-,11-,12+,13+,14-,15-,16-,17-/m0/s1. The fourth-order valence-corrected chi connectivity index (χ4v) is 3.64. The van der Waals surface area contributed by atoms with Crippen molar-refractivity contribution in [3.63, 3.8) is 0 Å². The third-order valence-electron chi connectivity index (χ3n) is 5.44.